The Morgan fingerprint density at radius 3 is 2.73 bits per heavy atom. The zero-order valence-electron chi connectivity index (χ0n) is 13.2. The van der Waals surface area contributed by atoms with E-state index >= 15 is 0 Å². The third-order valence-corrected chi connectivity index (χ3v) is 3.41. The number of aromatic nitrogens is 1. The van der Waals surface area contributed by atoms with E-state index in [1.165, 1.54) is 0 Å². The van der Waals surface area contributed by atoms with Crippen LogP contribution in [-0.4, -0.2) is 42.7 Å². The number of para-hydroxylation sites is 1. The molecule has 0 unspecified atom stereocenters. The number of benzene rings is 1. The van der Waals surface area contributed by atoms with Crippen molar-refractivity contribution in [2.75, 3.05) is 31.1 Å². The average molecular weight is 303 g/mol. The van der Waals surface area contributed by atoms with Crippen molar-refractivity contribution in [3.05, 3.63) is 23.8 Å². The van der Waals surface area contributed by atoms with E-state index in [2.05, 4.69) is 15.2 Å². The molecule has 0 radical (unpaired) electrons. The molecule has 1 aromatic heterocycles. The lowest BCUT2D eigenvalue weighted by Crippen LogP contribution is -2.43. The van der Waals surface area contributed by atoms with Crippen molar-refractivity contribution in [2.24, 2.45) is 0 Å². The number of hydrogen-bond donors (Lipinski definition) is 1. The molecule has 2 heterocycles. The fourth-order valence-electron chi connectivity index (χ4n) is 2.42. The summed E-state index contributed by atoms with van der Waals surface area (Å²) >= 11 is 0. The van der Waals surface area contributed by atoms with Gasteiger partial charge in [0.25, 0.3) is 6.01 Å². The largest absolute Gasteiger partial charge is 0.456 e. The van der Waals surface area contributed by atoms with Crippen molar-refractivity contribution in [1.29, 1.82) is 0 Å². The van der Waals surface area contributed by atoms with E-state index in [1.807, 2.05) is 26.8 Å². The van der Waals surface area contributed by atoms with Crippen molar-refractivity contribution in [1.82, 2.24) is 10.3 Å². The predicted octanol–water partition coefficient (Wildman–Crippen LogP) is 2.19. The van der Waals surface area contributed by atoms with E-state index in [0.29, 0.717) is 22.7 Å². The van der Waals surface area contributed by atoms with Crippen LogP contribution < -0.4 is 10.2 Å². The molecule has 1 saturated heterocycles. The summed E-state index contributed by atoms with van der Waals surface area (Å²) in [7, 11) is 0. The van der Waals surface area contributed by atoms with Gasteiger partial charge < -0.3 is 19.4 Å². The normalized spacial score (nSPS) is 16.0. The fourth-order valence-corrected chi connectivity index (χ4v) is 2.42. The molecule has 1 aromatic carbocycles. The van der Waals surface area contributed by atoms with Crippen LogP contribution in [-0.2, 0) is 4.74 Å². The average Bonchev–Trinajstić information content (AvgIpc) is 2.90. The van der Waals surface area contributed by atoms with Crippen molar-refractivity contribution in [3.63, 3.8) is 0 Å². The molecule has 6 heteroatoms. The van der Waals surface area contributed by atoms with Gasteiger partial charge in [-0.3, -0.25) is 0 Å². The van der Waals surface area contributed by atoms with Gasteiger partial charge in [-0.15, -0.1) is 0 Å². The Hall–Kier alpha value is -2.08. The van der Waals surface area contributed by atoms with Crippen molar-refractivity contribution in [3.8, 4) is 0 Å². The monoisotopic (exact) mass is 303 g/mol. The number of carbonyl (C=O) groups excluding carboxylic acids is 1. The molecule has 1 aliphatic rings. The molecule has 1 fully saturated rings. The molecular weight excluding hydrogens is 282 g/mol. The number of ether oxygens (including phenoxy) is 1. The molecule has 2 aromatic rings. The highest BCUT2D eigenvalue weighted by Crippen LogP contribution is 2.26. The maximum absolute atomic E-state index is 12.3. The molecule has 1 aliphatic heterocycles. The van der Waals surface area contributed by atoms with E-state index in [0.717, 1.165) is 26.2 Å². The van der Waals surface area contributed by atoms with Crippen LogP contribution in [0.2, 0.25) is 0 Å². The predicted molar refractivity (Wildman–Crippen MR) is 84.3 cm³/mol. The molecule has 0 aliphatic carbocycles. The van der Waals surface area contributed by atoms with E-state index in [1.54, 1.807) is 12.1 Å². The highest BCUT2D eigenvalue weighted by atomic mass is 16.6. The summed E-state index contributed by atoms with van der Waals surface area (Å²) in [4.78, 5) is 18.9. The van der Waals surface area contributed by atoms with Crippen LogP contribution in [0.4, 0.5) is 6.01 Å². The molecular formula is C16H21N3O3. The maximum atomic E-state index is 12.3. The molecule has 0 atom stereocenters. The Morgan fingerprint density at radius 1 is 1.32 bits per heavy atom. The van der Waals surface area contributed by atoms with Gasteiger partial charge in [0.15, 0.2) is 5.58 Å². The first-order chi connectivity index (χ1) is 10.4. The number of piperazine rings is 1. The Labute approximate surface area is 129 Å². The quantitative estimate of drug-likeness (QED) is 0.858. The highest BCUT2D eigenvalue weighted by Gasteiger charge is 2.23. The van der Waals surface area contributed by atoms with Crippen molar-refractivity contribution in [2.45, 2.75) is 26.4 Å². The molecule has 22 heavy (non-hydrogen) atoms. The molecule has 0 bridgehead atoms. The third kappa shape index (κ3) is 3.06. The Morgan fingerprint density at radius 2 is 2.05 bits per heavy atom. The molecule has 3 rings (SSSR count). The zero-order valence-corrected chi connectivity index (χ0v) is 13.2. The summed E-state index contributed by atoms with van der Waals surface area (Å²) in [5.41, 5.74) is 1.05. The molecule has 118 valence electrons. The summed E-state index contributed by atoms with van der Waals surface area (Å²) in [6, 6.07) is 5.92. The number of fused-ring (bicyclic) bond motifs is 1. The lowest BCUT2D eigenvalue weighted by Gasteiger charge is -2.25. The first kappa shape index (κ1) is 14.8. The number of carbonyl (C=O) groups is 1. The summed E-state index contributed by atoms with van der Waals surface area (Å²) in [6.45, 7) is 9.02. The molecule has 0 amide bonds. The van der Waals surface area contributed by atoms with Gasteiger partial charge in [0.1, 0.15) is 16.7 Å². The summed E-state index contributed by atoms with van der Waals surface area (Å²) in [6.07, 6.45) is 0. The Bertz CT molecular complexity index is 681. The van der Waals surface area contributed by atoms with Gasteiger partial charge in [-0.2, -0.15) is 4.98 Å². The van der Waals surface area contributed by atoms with Crippen LogP contribution in [0.3, 0.4) is 0 Å². The number of nitrogens with one attached hydrogen (secondary N) is 1. The van der Waals surface area contributed by atoms with Gasteiger partial charge in [0.2, 0.25) is 0 Å². The van der Waals surface area contributed by atoms with Crippen LogP contribution >= 0.6 is 0 Å². The number of oxazole rings is 1. The number of rotatable bonds is 2. The number of esters is 1. The van der Waals surface area contributed by atoms with Gasteiger partial charge in [0, 0.05) is 26.2 Å². The van der Waals surface area contributed by atoms with Gasteiger partial charge in [0.05, 0.1) is 0 Å². The Kier molecular flexibility index (Phi) is 3.78. The van der Waals surface area contributed by atoms with Crippen LogP contribution in [0.1, 0.15) is 31.1 Å². The van der Waals surface area contributed by atoms with E-state index in [-0.39, 0.29) is 5.97 Å². The van der Waals surface area contributed by atoms with Crippen molar-refractivity contribution >= 4 is 23.1 Å². The number of hydrogen-bond acceptors (Lipinski definition) is 6. The second-order valence-electron chi connectivity index (χ2n) is 6.39. The smallest absolute Gasteiger partial charge is 0.342 e. The molecule has 1 N–H and O–H groups in total. The molecule has 6 nitrogen and oxygen atoms in total. The van der Waals surface area contributed by atoms with E-state index < -0.39 is 5.60 Å². The standard InChI is InChI=1S/C16H21N3O3/c1-16(2,3)22-14(20)11-5-4-6-12-13(11)21-15(18-12)19-9-7-17-8-10-19/h4-6,17H,7-10H2,1-3H3. The van der Waals surface area contributed by atoms with E-state index in [4.69, 9.17) is 9.15 Å². The summed E-state index contributed by atoms with van der Waals surface area (Å²) in [5.74, 6) is -0.388. The Balaban J connectivity index is 1.94. The van der Waals surface area contributed by atoms with Crippen LogP contribution in [0.25, 0.3) is 11.1 Å². The van der Waals surface area contributed by atoms with Crippen LogP contribution in [0.15, 0.2) is 22.6 Å². The topological polar surface area (TPSA) is 67.6 Å². The van der Waals surface area contributed by atoms with Crippen molar-refractivity contribution < 1.29 is 13.9 Å². The first-order valence-electron chi connectivity index (χ1n) is 7.53. The second kappa shape index (κ2) is 5.61. The second-order valence-corrected chi connectivity index (χ2v) is 6.39. The SMILES string of the molecule is CC(C)(C)OC(=O)c1cccc2nc(N3CCNCC3)oc12. The molecule has 0 spiro atoms. The lowest BCUT2D eigenvalue weighted by molar-refractivity contribution is 0.00708. The summed E-state index contributed by atoms with van der Waals surface area (Å²) in [5, 5.41) is 3.29. The highest BCUT2D eigenvalue weighted by molar-refractivity contribution is 6.01. The summed E-state index contributed by atoms with van der Waals surface area (Å²) < 4.78 is 11.3. The molecule has 0 saturated carbocycles. The minimum absolute atomic E-state index is 0.388. The van der Waals surface area contributed by atoms with E-state index in [9.17, 15) is 4.79 Å². The van der Waals surface area contributed by atoms with Crippen LogP contribution in [0, 0.1) is 0 Å². The van der Waals surface area contributed by atoms with Gasteiger partial charge in [-0.25, -0.2) is 4.79 Å². The van der Waals surface area contributed by atoms with Gasteiger partial charge in [-0.1, -0.05) is 6.07 Å². The van der Waals surface area contributed by atoms with Crippen LogP contribution in [0.5, 0.6) is 0 Å². The van der Waals surface area contributed by atoms with Gasteiger partial charge >= 0.3 is 5.97 Å². The first-order valence-corrected chi connectivity index (χ1v) is 7.53. The third-order valence-electron chi connectivity index (χ3n) is 3.41. The number of anilines is 1. The zero-order chi connectivity index (χ0) is 15.7. The lowest BCUT2D eigenvalue weighted by atomic mass is 10.1. The van der Waals surface area contributed by atoms with Gasteiger partial charge in [-0.05, 0) is 32.9 Å². The fraction of sp³-hybridized carbons (Fsp3) is 0.500. The minimum atomic E-state index is -0.541. The minimum Gasteiger partial charge on any atom is -0.456 e. The maximum Gasteiger partial charge on any atom is 0.342 e. The number of nitrogens with zero attached hydrogens (tertiary/aromatic N) is 2.